The summed E-state index contributed by atoms with van der Waals surface area (Å²) in [5, 5.41) is 4.43. The normalized spacial score (nSPS) is 10.2. The molecule has 0 N–H and O–H groups in total. The van der Waals surface area contributed by atoms with Crippen LogP contribution in [-0.4, -0.2) is 25.5 Å². The molecule has 26 heavy (non-hydrogen) atoms. The molecule has 0 bridgehead atoms. The van der Waals surface area contributed by atoms with Crippen LogP contribution in [0.15, 0.2) is 27.9 Å². The maximum absolute atomic E-state index is 6.30. The van der Waals surface area contributed by atoms with Gasteiger partial charge < -0.3 is 14.3 Å². The predicted octanol–water partition coefficient (Wildman–Crippen LogP) is 6.70. The van der Waals surface area contributed by atoms with Crippen molar-refractivity contribution in [2.75, 3.05) is 19.8 Å². The second kappa shape index (κ2) is 13.1. The Kier molecular flexibility index (Phi) is 11.6. The van der Waals surface area contributed by atoms with Crippen LogP contribution in [0.1, 0.15) is 45.1 Å². The summed E-state index contributed by atoms with van der Waals surface area (Å²) in [5.41, 5.74) is 1.86. The van der Waals surface area contributed by atoms with E-state index in [1.54, 1.807) is 12.1 Å². The Morgan fingerprint density at radius 1 is 1.04 bits per heavy atom. The first-order valence-electron chi connectivity index (χ1n) is 8.60. The maximum Gasteiger partial charge on any atom is 0.141 e. The number of unbranched alkanes of at least 4 members (excludes halogenated alkanes) is 3. The first kappa shape index (κ1) is 22.9. The highest BCUT2D eigenvalue weighted by Crippen LogP contribution is 2.33. The van der Waals surface area contributed by atoms with E-state index in [2.05, 4.69) is 5.16 Å². The maximum atomic E-state index is 6.30. The van der Waals surface area contributed by atoms with Crippen LogP contribution >= 0.6 is 34.8 Å². The van der Waals surface area contributed by atoms with E-state index in [1.165, 1.54) is 0 Å². The van der Waals surface area contributed by atoms with Gasteiger partial charge in [-0.15, -0.1) is 0 Å². The zero-order chi connectivity index (χ0) is 19.4. The molecule has 1 rings (SSSR count). The lowest BCUT2D eigenvalue weighted by atomic mass is 10.2. The lowest BCUT2D eigenvalue weighted by Gasteiger charge is -2.13. The van der Waals surface area contributed by atoms with E-state index in [1.807, 2.05) is 26.8 Å². The zero-order valence-electron chi connectivity index (χ0n) is 15.5. The Morgan fingerprint density at radius 3 is 2.35 bits per heavy atom. The molecule has 0 aromatic heterocycles. The van der Waals surface area contributed by atoms with Crippen LogP contribution in [-0.2, 0) is 4.84 Å². The Bertz CT molecular complexity index is 587. The summed E-state index contributed by atoms with van der Waals surface area (Å²) in [5.74, 6) is 1.34. The van der Waals surface area contributed by atoms with Crippen LogP contribution in [0, 0.1) is 6.92 Å². The topological polar surface area (TPSA) is 40.0 Å². The van der Waals surface area contributed by atoms with Crippen LogP contribution in [0.2, 0.25) is 5.02 Å². The molecule has 0 amide bonds. The van der Waals surface area contributed by atoms with Crippen LogP contribution in [0.4, 0.5) is 0 Å². The fourth-order valence-corrected chi connectivity index (χ4v) is 2.57. The highest BCUT2D eigenvalue weighted by atomic mass is 35.5. The third-order valence-electron chi connectivity index (χ3n) is 3.31. The fourth-order valence-electron chi connectivity index (χ4n) is 2.14. The summed E-state index contributed by atoms with van der Waals surface area (Å²) >= 11 is 17.4. The molecule has 0 saturated heterocycles. The van der Waals surface area contributed by atoms with Crippen molar-refractivity contribution in [3.05, 3.63) is 33.3 Å². The van der Waals surface area contributed by atoms with E-state index >= 15 is 0 Å². The lowest BCUT2D eigenvalue weighted by Crippen LogP contribution is -2.01. The van der Waals surface area contributed by atoms with Gasteiger partial charge in [0.15, 0.2) is 0 Å². The summed E-state index contributed by atoms with van der Waals surface area (Å²) in [6, 6.07) is 3.61. The van der Waals surface area contributed by atoms with Crippen molar-refractivity contribution in [1.29, 1.82) is 0 Å². The third-order valence-corrected chi connectivity index (χ3v) is 3.90. The Morgan fingerprint density at radius 2 is 1.73 bits per heavy atom. The van der Waals surface area contributed by atoms with Gasteiger partial charge in [-0.25, -0.2) is 0 Å². The molecule has 0 saturated carbocycles. The lowest BCUT2D eigenvalue weighted by molar-refractivity contribution is 0.139. The van der Waals surface area contributed by atoms with Gasteiger partial charge in [0.05, 0.1) is 17.3 Å². The molecule has 7 heteroatoms. The second-order valence-electron chi connectivity index (χ2n) is 5.99. The molecule has 1 aromatic rings. The molecule has 146 valence electrons. The number of benzene rings is 1. The summed E-state index contributed by atoms with van der Waals surface area (Å²) in [7, 11) is 0. The van der Waals surface area contributed by atoms with Gasteiger partial charge in [0.2, 0.25) is 0 Å². The molecule has 0 aliphatic carbocycles. The predicted molar refractivity (Wildman–Crippen MR) is 110 cm³/mol. The first-order valence-corrected chi connectivity index (χ1v) is 9.73. The second-order valence-corrected chi connectivity index (χ2v) is 7.41. The molecule has 4 nitrogen and oxygen atoms in total. The molecule has 0 aliphatic heterocycles. The van der Waals surface area contributed by atoms with Gasteiger partial charge in [-0.1, -0.05) is 40.0 Å². The van der Waals surface area contributed by atoms with Gasteiger partial charge in [-0.05, 0) is 64.2 Å². The molecular weight excluding hydrogens is 397 g/mol. The van der Waals surface area contributed by atoms with Crippen molar-refractivity contribution in [2.45, 2.75) is 46.5 Å². The van der Waals surface area contributed by atoms with Crippen molar-refractivity contribution in [1.82, 2.24) is 0 Å². The SMILES string of the molecule is CC(C)=NOCCCCCCOc1c(C)cc(OCC=C(Cl)Cl)cc1Cl. The van der Waals surface area contributed by atoms with Gasteiger partial charge in [-0.2, -0.15) is 0 Å². The van der Waals surface area contributed by atoms with Gasteiger partial charge in [0.1, 0.15) is 29.2 Å². The van der Waals surface area contributed by atoms with Crippen molar-refractivity contribution in [2.24, 2.45) is 5.16 Å². The molecule has 0 aliphatic rings. The van der Waals surface area contributed by atoms with Gasteiger partial charge in [0.25, 0.3) is 0 Å². The zero-order valence-corrected chi connectivity index (χ0v) is 17.8. The minimum atomic E-state index is 0.174. The number of hydrogen-bond acceptors (Lipinski definition) is 4. The molecule has 0 atom stereocenters. The molecule has 0 heterocycles. The number of aryl methyl sites for hydroxylation is 1. The minimum Gasteiger partial charge on any atom is -0.492 e. The van der Waals surface area contributed by atoms with Crippen molar-refractivity contribution < 1.29 is 14.3 Å². The third kappa shape index (κ3) is 10.1. The van der Waals surface area contributed by atoms with Crippen molar-refractivity contribution >= 4 is 40.5 Å². The van der Waals surface area contributed by atoms with E-state index in [0.717, 1.165) is 37.0 Å². The Hall–Kier alpha value is -1.10. The van der Waals surface area contributed by atoms with E-state index in [9.17, 15) is 0 Å². The van der Waals surface area contributed by atoms with Crippen LogP contribution in [0.25, 0.3) is 0 Å². The smallest absolute Gasteiger partial charge is 0.141 e. The molecule has 0 fully saturated rings. The van der Waals surface area contributed by atoms with Crippen LogP contribution in [0.5, 0.6) is 11.5 Å². The van der Waals surface area contributed by atoms with E-state index in [0.29, 0.717) is 29.7 Å². The molecular formula is C19H26Cl3NO3. The number of rotatable bonds is 12. The van der Waals surface area contributed by atoms with Gasteiger partial charge in [-0.3, -0.25) is 0 Å². The largest absolute Gasteiger partial charge is 0.492 e. The average Bonchev–Trinajstić information content (AvgIpc) is 2.54. The highest BCUT2D eigenvalue weighted by molar-refractivity contribution is 6.55. The monoisotopic (exact) mass is 421 g/mol. The van der Waals surface area contributed by atoms with E-state index < -0.39 is 0 Å². The summed E-state index contributed by atoms with van der Waals surface area (Å²) in [6.45, 7) is 7.32. The summed E-state index contributed by atoms with van der Waals surface area (Å²) in [6.07, 6.45) is 5.67. The minimum absolute atomic E-state index is 0.174. The van der Waals surface area contributed by atoms with Crippen molar-refractivity contribution in [3.63, 3.8) is 0 Å². The summed E-state index contributed by atoms with van der Waals surface area (Å²) in [4.78, 5) is 5.16. The van der Waals surface area contributed by atoms with Crippen LogP contribution in [0.3, 0.4) is 0 Å². The van der Waals surface area contributed by atoms with Crippen molar-refractivity contribution in [3.8, 4) is 11.5 Å². The van der Waals surface area contributed by atoms with Gasteiger partial charge >= 0.3 is 0 Å². The number of nitrogens with zero attached hydrogens (tertiary/aromatic N) is 1. The molecule has 0 radical (unpaired) electrons. The fraction of sp³-hybridized carbons (Fsp3) is 0.526. The Labute approximate surface area is 171 Å². The molecule has 0 unspecified atom stereocenters. The molecule has 0 spiro atoms. The molecule has 1 aromatic carbocycles. The number of ether oxygens (including phenoxy) is 2. The van der Waals surface area contributed by atoms with Gasteiger partial charge in [0, 0.05) is 6.07 Å². The number of oxime groups is 1. The van der Waals surface area contributed by atoms with Crippen LogP contribution < -0.4 is 9.47 Å². The first-order chi connectivity index (χ1) is 12.4. The van der Waals surface area contributed by atoms with E-state index in [-0.39, 0.29) is 11.1 Å². The summed E-state index contributed by atoms with van der Waals surface area (Å²) < 4.78 is 11.5. The number of halogens is 3. The quantitative estimate of drug-likeness (QED) is 0.214. The highest BCUT2D eigenvalue weighted by Gasteiger charge is 2.09. The number of hydrogen-bond donors (Lipinski definition) is 0. The standard InChI is InChI=1S/C19H26Cl3NO3/c1-14(2)23-26-10-7-5-4-6-9-25-19-15(3)12-16(13-17(19)20)24-11-8-18(21)22/h8,12-13H,4-7,9-11H2,1-3H3. The Balaban J connectivity index is 2.30. The average molecular weight is 423 g/mol. The van der Waals surface area contributed by atoms with E-state index in [4.69, 9.17) is 49.1 Å².